The van der Waals surface area contributed by atoms with Gasteiger partial charge in [-0.05, 0) is 50.8 Å². The van der Waals surface area contributed by atoms with E-state index in [1.807, 2.05) is 0 Å². The summed E-state index contributed by atoms with van der Waals surface area (Å²) < 4.78 is 10.8. The van der Waals surface area contributed by atoms with Gasteiger partial charge < -0.3 is 19.7 Å². The predicted molar refractivity (Wildman–Crippen MR) is 108 cm³/mol. The number of rotatable bonds is 6. The molecule has 3 rings (SSSR count). The molecule has 1 amide bonds. The van der Waals surface area contributed by atoms with Gasteiger partial charge in [0.15, 0.2) is 0 Å². The summed E-state index contributed by atoms with van der Waals surface area (Å²) >= 11 is 6.09. The van der Waals surface area contributed by atoms with Crippen molar-refractivity contribution >= 4 is 23.5 Å². The van der Waals surface area contributed by atoms with Gasteiger partial charge in [0.1, 0.15) is 17.9 Å². The third kappa shape index (κ3) is 5.17. The number of piperidine rings is 1. The summed E-state index contributed by atoms with van der Waals surface area (Å²) in [6.45, 7) is 3.64. The molecule has 0 spiro atoms. The molecule has 0 unspecified atom stereocenters. The molecule has 1 aromatic carbocycles. The van der Waals surface area contributed by atoms with Crippen LogP contribution in [0.25, 0.3) is 0 Å². The Hall–Kier alpha value is -1.79. The fraction of sp³-hybridized carbons (Fsp3) is 0.619. The summed E-state index contributed by atoms with van der Waals surface area (Å²) in [4.78, 5) is 26.8. The first-order chi connectivity index (χ1) is 13.5. The van der Waals surface area contributed by atoms with Crippen molar-refractivity contribution in [1.82, 2.24) is 10.2 Å². The number of hydrogen-bond acceptors (Lipinski definition) is 5. The number of halogens is 1. The van der Waals surface area contributed by atoms with Crippen molar-refractivity contribution in [3.8, 4) is 5.75 Å². The Morgan fingerprint density at radius 3 is 2.50 bits per heavy atom. The van der Waals surface area contributed by atoms with Crippen LogP contribution in [0.1, 0.15) is 55.8 Å². The van der Waals surface area contributed by atoms with Gasteiger partial charge in [-0.25, -0.2) is 4.79 Å². The van der Waals surface area contributed by atoms with Gasteiger partial charge in [0.2, 0.25) is 0 Å². The lowest BCUT2D eigenvalue weighted by molar-refractivity contribution is -0.142. The summed E-state index contributed by atoms with van der Waals surface area (Å²) in [6.07, 6.45) is 7.26. The molecule has 2 fully saturated rings. The molecule has 1 saturated carbocycles. The number of methoxy groups -OCH3 is 1. The van der Waals surface area contributed by atoms with Crippen LogP contribution in [0.3, 0.4) is 0 Å². The minimum atomic E-state index is -0.751. The standard InChI is InChI=1S/C21H29ClN2O4/c1-14(21(26)27-2)23-20(25)18-13-15(22)7-8-19(18)28-17-9-11-24(12-10-17)16-5-3-4-6-16/h7-8,13-14,16-17H,3-6,9-12H2,1-2H3,(H,23,25)/t14-/m1/s1. The van der Waals surface area contributed by atoms with E-state index in [1.54, 1.807) is 25.1 Å². The van der Waals surface area contributed by atoms with E-state index in [4.69, 9.17) is 16.3 Å². The van der Waals surface area contributed by atoms with Crippen LogP contribution in [0.2, 0.25) is 5.02 Å². The highest BCUT2D eigenvalue weighted by Crippen LogP contribution is 2.29. The molecule has 1 aliphatic carbocycles. The number of amides is 1. The molecule has 0 bridgehead atoms. The van der Waals surface area contributed by atoms with E-state index in [0.29, 0.717) is 16.3 Å². The molecule has 1 aliphatic heterocycles. The molecule has 1 heterocycles. The molecule has 0 aromatic heterocycles. The van der Waals surface area contributed by atoms with Gasteiger partial charge in [0, 0.05) is 24.2 Å². The van der Waals surface area contributed by atoms with Crippen molar-refractivity contribution in [2.75, 3.05) is 20.2 Å². The molecule has 28 heavy (non-hydrogen) atoms. The van der Waals surface area contributed by atoms with Crippen LogP contribution in [-0.4, -0.2) is 55.2 Å². The predicted octanol–water partition coefficient (Wildman–Crippen LogP) is 3.42. The van der Waals surface area contributed by atoms with Crippen LogP contribution in [0, 0.1) is 0 Å². The number of carbonyl (C=O) groups is 2. The fourth-order valence-corrected chi connectivity index (χ4v) is 4.27. The largest absolute Gasteiger partial charge is 0.489 e. The van der Waals surface area contributed by atoms with Crippen molar-refractivity contribution in [1.29, 1.82) is 0 Å². The zero-order valence-electron chi connectivity index (χ0n) is 16.6. The highest BCUT2D eigenvalue weighted by molar-refractivity contribution is 6.31. The first kappa shape index (κ1) is 20.9. The summed E-state index contributed by atoms with van der Waals surface area (Å²) in [6, 6.07) is 5.00. The maximum atomic E-state index is 12.7. The molecular weight excluding hydrogens is 380 g/mol. The van der Waals surface area contributed by atoms with Crippen molar-refractivity contribution in [3.05, 3.63) is 28.8 Å². The zero-order valence-corrected chi connectivity index (χ0v) is 17.3. The van der Waals surface area contributed by atoms with Gasteiger partial charge in [-0.15, -0.1) is 0 Å². The third-order valence-electron chi connectivity index (χ3n) is 5.70. The fourth-order valence-electron chi connectivity index (χ4n) is 4.10. The summed E-state index contributed by atoms with van der Waals surface area (Å²) in [7, 11) is 1.29. The van der Waals surface area contributed by atoms with E-state index in [9.17, 15) is 9.59 Å². The van der Waals surface area contributed by atoms with Crippen molar-refractivity contribution < 1.29 is 19.1 Å². The van der Waals surface area contributed by atoms with Crippen LogP contribution in [0.4, 0.5) is 0 Å². The normalized spacial score (nSPS) is 20.0. The SMILES string of the molecule is COC(=O)[C@@H](C)NC(=O)c1cc(Cl)ccc1OC1CCN(C2CCCC2)CC1. The lowest BCUT2D eigenvalue weighted by Gasteiger charge is -2.36. The van der Waals surface area contributed by atoms with E-state index >= 15 is 0 Å². The smallest absolute Gasteiger partial charge is 0.328 e. The van der Waals surface area contributed by atoms with E-state index in [2.05, 4.69) is 15.0 Å². The van der Waals surface area contributed by atoms with Gasteiger partial charge in [0.25, 0.3) is 5.91 Å². The average molecular weight is 409 g/mol. The minimum Gasteiger partial charge on any atom is -0.489 e. The van der Waals surface area contributed by atoms with Crippen LogP contribution in [0.5, 0.6) is 5.75 Å². The maximum Gasteiger partial charge on any atom is 0.328 e. The second-order valence-electron chi connectivity index (χ2n) is 7.65. The minimum absolute atomic E-state index is 0.0726. The Kier molecular flexibility index (Phi) is 7.18. The Balaban J connectivity index is 1.62. The first-order valence-corrected chi connectivity index (χ1v) is 10.4. The maximum absolute atomic E-state index is 12.7. The summed E-state index contributed by atoms with van der Waals surface area (Å²) in [5.41, 5.74) is 0.335. The first-order valence-electron chi connectivity index (χ1n) is 10.1. The molecule has 6 nitrogen and oxygen atoms in total. The highest BCUT2D eigenvalue weighted by atomic mass is 35.5. The van der Waals surface area contributed by atoms with Gasteiger partial charge in [-0.2, -0.15) is 0 Å². The molecule has 1 aromatic rings. The van der Waals surface area contributed by atoms with Crippen LogP contribution in [0.15, 0.2) is 18.2 Å². The van der Waals surface area contributed by atoms with Crippen LogP contribution >= 0.6 is 11.6 Å². The van der Waals surface area contributed by atoms with E-state index in [1.165, 1.54) is 32.8 Å². The molecule has 1 saturated heterocycles. The third-order valence-corrected chi connectivity index (χ3v) is 5.93. The number of nitrogens with zero attached hydrogens (tertiary/aromatic N) is 1. The summed E-state index contributed by atoms with van der Waals surface area (Å²) in [5, 5.41) is 3.08. The van der Waals surface area contributed by atoms with Crippen LogP contribution < -0.4 is 10.1 Å². The number of ether oxygens (including phenoxy) is 2. The Labute approximate surface area is 171 Å². The number of likely N-dealkylation sites (tertiary alicyclic amines) is 1. The second kappa shape index (κ2) is 9.61. The Morgan fingerprint density at radius 2 is 1.86 bits per heavy atom. The molecule has 1 atom stereocenters. The number of hydrogen-bond donors (Lipinski definition) is 1. The quantitative estimate of drug-likeness (QED) is 0.730. The van der Waals surface area contributed by atoms with Gasteiger partial charge in [-0.3, -0.25) is 4.79 Å². The lowest BCUT2D eigenvalue weighted by Crippen LogP contribution is -2.43. The summed E-state index contributed by atoms with van der Waals surface area (Å²) in [5.74, 6) is -0.408. The van der Waals surface area contributed by atoms with Crippen molar-refractivity contribution in [3.63, 3.8) is 0 Å². The lowest BCUT2D eigenvalue weighted by atomic mass is 10.0. The van der Waals surface area contributed by atoms with Crippen molar-refractivity contribution in [2.24, 2.45) is 0 Å². The monoisotopic (exact) mass is 408 g/mol. The van der Waals surface area contributed by atoms with E-state index < -0.39 is 17.9 Å². The molecule has 0 radical (unpaired) electrons. The molecule has 7 heteroatoms. The van der Waals surface area contributed by atoms with Gasteiger partial charge >= 0.3 is 5.97 Å². The number of esters is 1. The molecule has 1 N–H and O–H groups in total. The Morgan fingerprint density at radius 1 is 1.18 bits per heavy atom. The van der Waals surface area contributed by atoms with E-state index in [0.717, 1.165) is 32.0 Å². The van der Waals surface area contributed by atoms with Crippen LogP contribution in [-0.2, 0) is 9.53 Å². The van der Waals surface area contributed by atoms with E-state index in [-0.39, 0.29) is 6.10 Å². The average Bonchev–Trinajstić information content (AvgIpc) is 3.24. The molecule has 2 aliphatic rings. The van der Waals surface area contributed by atoms with Gasteiger partial charge in [-0.1, -0.05) is 24.4 Å². The topological polar surface area (TPSA) is 67.9 Å². The molecule has 154 valence electrons. The number of nitrogens with one attached hydrogen (secondary N) is 1. The highest BCUT2D eigenvalue weighted by Gasteiger charge is 2.29. The Bertz CT molecular complexity index is 698. The van der Waals surface area contributed by atoms with Gasteiger partial charge in [0.05, 0.1) is 12.7 Å². The number of benzene rings is 1. The van der Waals surface area contributed by atoms with Crippen molar-refractivity contribution in [2.45, 2.75) is 63.6 Å². The zero-order chi connectivity index (χ0) is 20.1. The molecular formula is C21H29ClN2O4. The number of carbonyl (C=O) groups excluding carboxylic acids is 2. The second-order valence-corrected chi connectivity index (χ2v) is 8.09.